The van der Waals surface area contributed by atoms with Gasteiger partial charge >= 0.3 is 0 Å². The molecule has 2 heterocycles. The quantitative estimate of drug-likeness (QED) is 0.728. The van der Waals surface area contributed by atoms with E-state index in [1.54, 1.807) is 22.0 Å². The van der Waals surface area contributed by atoms with Gasteiger partial charge in [0.2, 0.25) is 5.91 Å². The highest BCUT2D eigenvalue weighted by Gasteiger charge is 2.18. The van der Waals surface area contributed by atoms with Gasteiger partial charge in [0, 0.05) is 32.4 Å². The fourth-order valence-electron chi connectivity index (χ4n) is 2.07. The van der Waals surface area contributed by atoms with Gasteiger partial charge in [-0.15, -0.1) is 0 Å². The second kappa shape index (κ2) is 6.33. The first-order valence-electron chi connectivity index (χ1n) is 6.48. The van der Waals surface area contributed by atoms with Crippen LogP contribution in [0.5, 0.6) is 0 Å². The fraction of sp³-hybridized carbons (Fsp3) is 0.583. The number of rotatable bonds is 5. The van der Waals surface area contributed by atoms with Gasteiger partial charge in [-0.1, -0.05) is 0 Å². The number of likely N-dealkylation sites (tertiary alicyclic amines) is 1. The molecule has 19 heavy (non-hydrogen) atoms. The van der Waals surface area contributed by atoms with E-state index in [0.717, 1.165) is 25.9 Å². The molecule has 0 bridgehead atoms. The molecule has 0 aromatic carbocycles. The Kier molecular flexibility index (Phi) is 4.51. The summed E-state index contributed by atoms with van der Waals surface area (Å²) < 4.78 is 1.75. The van der Waals surface area contributed by atoms with E-state index in [1.165, 1.54) is 0 Å². The van der Waals surface area contributed by atoms with Crippen LogP contribution in [0, 0.1) is 0 Å². The van der Waals surface area contributed by atoms with Crippen molar-refractivity contribution in [2.45, 2.75) is 19.4 Å². The summed E-state index contributed by atoms with van der Waals surface area (Å²) >= 11 is 0. The molecule has 0 aliphatic carbocycles. The van der Waals surface area contributed by atoms with Gasteiger partial charge in [0.25, 0.3) is 5.91 Å². The van der Waals surface area contributed by atoms with Crippen molar-refractivity contribution in [3.05, 3.63) is 18.2 Å². The van der Waals surface area contributed by atoms with Gasteiger partial charge in [0.05, 0.1) is 12.9 Å². The van der Waals surface area contributed by atoms with Crippen molar-refractivity contribution < 1.29 is 9.59 Å². The molecule has 7 nitrogen and oxygen atoms in total. The Balaban J connectivity index is 1.81. The summed E-state index contributed by atoms with van der Waals surface area (Å²) in [5.41, 5.74) is 5.72. The van der Waals surface area contributed by atoms with Crippen molar-refractivity contribution in [1.29, 1.82) is 0 Å². The SMILES string of the molecule is NCCn1cnc(C(=O)NCC(=O)N2CCCC2)c1. The van der Waals surface area contributed by atoms with Crippen molar-refractivity contribution in [3.63, 3.8) is 0 Å². The molecule has 1 aromatic rings. The first kappa shape index (κ1) is 13.5. The van der Waals surface area contributed by atoms with E-state index in [0.29, 0.717) is 18.8 Å². The maximum atomic E-state index is 11.8. The topological polar surface area (TPSA) is 93.2 Å². The number of nitrogens with one attached hydrogen (secondary N) is 1. The molecule has 1 fully saturated rings. The fourth-order valence-corrected chi connectivity index (χ4v) is 2.07. The van der Waals surface area contributed by atoms with Crippen LogP contribution in [0.2, 0.25) is 0 Å². The Morgan fingerprint density at radius 1 is 1.37 bits per heavy atom. The molecule has 0 radical (unpaired) electrons. The van der Waals surface area contributed by atoms with Gasteiger partial charge in [0.15, 0.2) is 0 Å². The van der Waals surface area contributed by atoms with Crippen LogP contribution in [0.25, 0.3) is 0 Å². The summed E-state index contributed by atoms with van der Waals surface area (Å²) in [6.45, 7) is 2.72. The van der Waals surface area contributed by atoms with Gasteiger partial charge in [-0.2, -0.15) is 0 Å². The molecule has 1 aliphatic heterocycles. The average Bonchev–Trinajstić information content (AvgIpc) is 3.06. The number of aromatic nitrogens is 2. The van der Waals surface area contributed by atoms with E-state index < -0.39 is 0 Å². The zero-order valence-electron chi connectivity index (χ0n) is 10.8. The van der Waals surface area contributed by atoms with Crippen LogP contribution >= 0.6 is 0 Å². The summed E-state index contributed by atoms with van der Waals surface area (Å²) in [4.78, 5) is 29.3. The normalized spacial score (nSPS) is 14.7. The lowest BCUT2D eigenvalue weighted by Gasteiger charge is -2.14. The number of imidazole rings is 1. The molecule has 2 amide bonds. The number of hydrogen-bond donors (Lipinski definition) is 2. The minimum Gasteiger partial charge on any atom is -0.342 e. The van der Waals surface area contributed by atoms with E-state index >= 15 is 0 Å². The number of carbonyl (C=O) groups excluding carboxylic acids is 2. The van der Waals surface area contributed by atoms with Crippen molar-refractivity contribution in [1.82, 2.24) is 19.8 Å². The second-order valence-corrected chi connectivity index (χ2v) is 4.56. The molecule has 0 atom stereocenters. The minimum atomic E-state index is -0.330. The molecule has 0 saturated carbocycles. The zero-order chi connectivity index (χ0) is 13.7. The van der Waals surface area contributed by atoms with Gasteiger partial charge in [-0.25, -0.2) is 4.98 Å². The van der Waals surface area contributed by atoms with Crippen LogP contribution in [0.3, 0.4) is 0 Å². The first-order chi connectivity index (χ1) is 9.20. The Bertz CT molecular complexity index is 451. The molecule has 7 heteroatoms. The maximum absolute atomic E-state index is 11.8. The number of nitrogens with two attached hydrogens (primary N) is 1. The lowest BCUT2D eigenvalue weighted by atomic mass is 10.4. The van der Waals surface area contributed by atoms with Gasteiger partial charge < -0.3 is 20.5 Å². The number of hydrogen-bond acceptors (Lipinski definition) is 4. The van der Waals surface area contributed by atoms with Crippen molar-refractivity contribution in [3.8, 4) is 0 Å². The van der Waals surface area contributed by atoms with Crippen molar-refractivity contribution in [2.75, 3.05) is 26.2 Å². The summed E-state index contributed by atoms with van der Waals surface area (Å²) in [7, 11) is 0. The van der Waals surface area contributed by atoms with Crippen LogP contribution in [0.4, 0.5) is 0 Å². The van der Waals surface area contributed by atoms with E-state index in [4.69, 9.17) is 5.73 Å². The van der Waals surface area contributed by atoms with Crippen LogP contribution in [0.1, 0.15) is 23.3 Å². The van der Waals surface area contributed by atoms with Gasteiger partial charge in [-0.3, -0.25) is 9.59 Å². The summed E-state index contributed by atoms with van der Waals surface area (Å²) in [6, 6.07) is 0. The molecular weight excluding hydrogens is 246 g/mol. The summed E-state index contributed by atoms with van der Waals surface area (Å²) in [5.74, 6) is -0.365. The molecule has 0 spiro atoms. The molecule has 1 aliphatic rings. The van der Waals surface area contributed by atoms with E-state index in [9.17, 15) is 9.59 Å². The van der Waals surface area contributed by atoms with Crippen LogP contribution in [0.15, 0.2) is 12.5 Å². The van der Waals surface area contributed by atoms with E-state index in [-0.39, 0.29) is 18.4 Å². The predicted molar refractivity (Wildman–Crippen MR) is 69.4 cm³/mol. The molecule has 0 unspecified atom stereocenters. The average molecular weight is 265 g/mol. The Morgan fingerprint density at radius 3 is 2.79 bits per heavy atom. The van der Waals surface area contributed by atoms with Crippen LogP contribution in [-0.2, 0) is 11.3 Å². The second-order valence-electron chi connectivity index (χ2n) is 4.56. The highest BCUT2D eigenvalue weighted by molar-refractivity contribution is 5.94. The lowest BCUT2D eigenvalue weighted by molar-refractivity contribution is -0.129. The Hall–Kier alpha value is -1.89. The molecule has 104 valence electrons. The van der Waals surface area contributed by atoms with E-state index in [1.807, 2.05) is 0 Å². The molecule has 2 rings (SSSR count). The standard InChI is InChI=1S/C12H19N5O2/c13-3-6-16-8-10(15-9-16)12(19)14-7-11(18)17-4-1-2-5-17/h8-9H,1-7,13H2,(H,14,19). The van der Waals surface area contributed by atoms with Crippen LogP contribution < -0.4 is 11.1 Å². The van der Waals surface area contributed by atoms with E-state index in [2.05, 4.69) is 10.3 Å². The van der Waals surface area contributed by atoms with Crippen molar-refractivity contribution >= 4 is 11.8 Å². The summed E-state index contributed by atoms with van der Waals surface area (Å²) in [6.07, 6.45) is 5.28. The predicted octanol–water partition coefficient (Wildman–Crippen LogP) is -0.806. The lowest BCUT2D eigenvalue weighted by Crippen LogP contribution is -2.38. The highest BCUT2D eigenvalue weighted by Crippen LogP contribution is 2.06. The third-order valence-electron chi connectivity index (χ3n) is 3.11. The first-order valence-corrected chi connectivity index (χ1v) is 6.48. The van der Waals surface area contributed by atoms with Gasteiger partial charge in [0.1, 0.15) is 5.69 Å². The number of amides is 2. The highest BCUT2D eigenvalue weighted by atomic mass is 16.2. The van der Waals surface area contributed by atoms with Crippen LogP contribution in [-0.4, -0.2) is 52.4 Å². The third kappa shape index (κ3) is 3.54. The van der Waals surface area contributed by atoms with Gasteiger partial charge in [-0.05, 0) is 12.8 Å². The zero-order valence-corrected chi connectivity index (χ0v) is 10.8. The molecule has 1 saturated heterocycles. The Labute approximate surface area is 111 Å². The molecule has 3 N–H and O–H groups in total. The maximum Gasteiger partial charge on any atom is 0.271 e. The number of nitrogens with zero attached hydrogens (tertiary/aromatic N) is 3. The summed E-state index contributed by atoms with van der Waals surface area (Å²) in [5, 5.41) is 2.59. The Morgan fingerprint density at radius 2 is 2.11 bits per heavy atom. The third-order valence-corrected chi connectivity index (χ3v) is 3.11. The number of carbonyl (C=O) groups is 2. The smallest absolute Gasteiger partial charge is 0.271 e. The molecule has 1 aromatic heterocycles. The minimum absolute atomic E-state index is 0.0303. The van der Waals surface area contributed by atoms with Crippen molar-refractivity contribution in [2.24, 2.45) is 5.73 Å². The monoisotopic (exact) mass is 265 g/mol. The molecular formula is C12H19N5O2. The largest absolute Gasteiger partial charge is 0.342 e.